The molecule has 0 saturated heterocycles. The van der Waals surface area contributed by atoms with Gasteiger partial charge in [0, 0.05) is 7.05 Å². The van der Waals surface area contributed by atoms with Crippen LogP contribution in [0, 0.1) is 11.3 Å². The van der Waals surface area contributed by atoms with Gasteiger partial charge >= 0.3 is 0 Å². The summed E-state index contributed by atoms with van der Waals surface area (Å²) in [6, 6.07) is 1.98. The smallest absolute Gasteiger partial charge is 0.0999 e. The molecule has 1 N–H and O–H groups in total. The fraction of sp³-hybridized carbons (Fsp3) is 0.750. The zero-order valence-corrected chi connectivity index (χ0v) is 4.60. The molecule has 0 atom stereocenters. The van der Waals surface area contributed by atoms with Crippen LogP contribution in [0.4, 0.5) is 0 Å². The Morgan fingerprint density at radius 3 is 2.57 bits per heavy atom. The van der Waals surface area contributed by atoms with Crippen molar-refractivity contribution >= 4 is 0 Å². The molecule has 0 amide bonds. The first-order chi connectivity index (χ1) is 3.31. The summed E-state index contributed by atoms with van der Waals surface area (Å²) < 4.78 is 0. The summed E-state index contributed by atoms with van der Waals surface area (Å²) in [5.41, 5.74) is 2.78. The van der Waals surface area contributed by atoms with E-state index in [1.54, 1.807) is 12.1 Å². The third-order valence-electron chi connectivity index (χ3n) is 0.690. The Labute approximate surface area is 43.5 Å². The lowest BCUT2D eigenvalue weighted by Crippen LogP contribution is -2.30. The molecule has 0 aliphatic carbocycles. The predicted octanol–water partition coefficient (Wildman–Crippen LogP) is -0.424. The topological polar surface area (TPSA) is 39.1 Å². The van der Waals surface area contributed by atoms with Gasteiger partial charge in [-0.25, -0.2) is 5.01 Å². The molecule has 0 aromatic carbocycles. The second kappa shape index (κ2) is 3.59. The lowest BCUT2D eigenvalue weighted by Gasteiger charge is -2.07. The van der Waals surface area contributed by atoms with Crippen molar-refractivity contribution in [1.82, 2.24) is 10.4 Å². The van der Waals surface area contributed by atoms with Gasteiger partial charge in [0.2, 0.25) is 0 Å². The molecule has 0 spiro atoms. The van der Waals surface area contributed by atoms with Crippen LogP contribution in [0.1, 0.15) is 0 Å². The van der Waals surface area contributed by atoms with Gasteiger partial charge in [-0.1, -0.05) is 0 Å². The van der Waals surface area contributed by atoms with Crippen molar-refractivity contribution in [1.29, 1.82) is 5.26 Å². The molecular formula is C4H9N3. The number of nitriles is 1. The highest BCUT2D eigenvalue weighted by molar-refractivity contribution is 4.71. The van der Waals surface area contributed by atoms with Crippen LogP contribution in [0.3, 0.4) is 0 Å². The van der Waals surface area contributed by atoms with Gasteiger partial charge in [0.15, 0.2) is 0 Å². The fourth-order valence-electron chi connectivity index (χ4n) is 0.185. The van der Waals surface area contributed by atoms with E-state index in [2.05, 4.69) is 5.43 Å². The molecule has 0 aliphatic rings. The van der Waals surface area contributed by atoms with E-state index < -0.39 is 0 Å². The Hall–Kier alpha value is -0.590. The fourth-order valence-corrected chi connectivity index (χ4v) is 0.185. The molecule has 40 valence electrons. The summed E-state index contributed by atoms with van der Waals surface area (Å²) in [5, 5.41) is 9.73. The van der Waals surface area contributed by atoms with Gasteiger partial charge in [-0.05, 0) is 7.05 Å². The van der Waals surface area contributed by atoms with Crippen LogP contribution in [-0.4, -0.2) is 25.6 Å². The Morgan fingerprint density at radius 2 is 2.43 bits per heavy atom. The van der Waals surface area contributed by atoms with E-state index in [9.17, 15) is 0 Å². The Kier molecular flexibility index (Phi) is 3.29. The molecule has 0 radical (unpaired) electrons. The molecule has 0 unspecified atom stereocenters. The monoisotopic (exact) mass is 99.1 g/mol. The number of rotatable bonds is 2. The van der Waals surface area contributed by atoms with Crippen LogP contribution in [0.15, 0.2) is 0 Å². The summed E-state index contributed by atoms with van der Waals surface area (Å²) >= 11 is 0. The summed E-state index contributed by atoms with van der Waals surface area (Å²) in [6.45, 7) is 0.427. The second-order valence-corrected chi connectivity index (χ2v) is 1.24. The SMILES string of the molecule is CNN(C)CC#N. The largest absolute Gasteiger partial charge is 0.258 e. The zero-order chi connectivity index (χ0) is 5.70. The van der Waals surface area contributed by atoms with E-state index in [4.69, 9.17) is 5.26 Å². The third kappa shape index (κ3) is 3.23. The highest BCUT2D eigenvalue weighted by Gasteiger charge is 1.85. The average molecular weight is 99.1 g/mol. The number of hydrogen-bond acceptors (Lipinski definition) is 3. The van der Waals surface area contributed by atoms with Crippen LogP contribution in [0.2, 0.25) is 0 Å². The number of nitrogens with one attached hydrogen (secondary N) is 1. The molecule has 0 heterocycles. The van der Waals surface area contributed by atoms with Gasteiger partial charge in [-0.15, -0.1) is 0 Å². The maximum absolute atomic E-state index is 8.04. The number of hydrogen-bond donors (Lipinski definition) is 1. The Bertz CT molecular complexity index is 73.5. The Morgan fingerprint density at radius 1 is 1.86 bits per heavy atom. The van der Waals surface area contributed by atoms with Gasteiger partial charge in [0.05, 0.1) is 12.6 Å². The summed E-state index contributed by atoms with van der Waals surface area (Å²) in [5.74, 6) is 0. The molecule has 3 nitrogen and oxygen atoms in total. The van der Waals surface area contributed by atoms with Crippen LogP contribution in [-0.2, 0) is 0 Å². The van der Waals surface area contributed by atoms with Gasteiger partial charge in [-0.2, -0.15) is 5.26 Å². The van der Waals surface area contributed by atoms with Gasteiger partial charge in [0.1, 0.15) is 0 Å². The normalized spacial score (nSPS) is 8.86. The summed E-state index contributed by atoms with van der Waals surface area (Å²) in [4.78, 5) is 0. The second-order valence-electron chi connectivity index (χ2n) is 1.24. The average Bonchev–Trinajstić information content (AvgIpc) is 1.68. The molecule has 0 bridgehead atoms. The highest BCUT2D eigenvalue weighted by Crippen LogP contribution is 1.65. The predicted molar refractivity (Wildman–Crippen MR) is 27.3 cm³/mol. The molecule has 0 aliphatic heterocycles. The first kappa shape index (κ1) is 6.41. The minimum absolute atomic E-state index is 0.427. The molecule has 3 heteroatoms. The molecule has 7 heavy (non-hydrogen) atoms. The third-order valence-corrected chi connectivity index (χ3v) is 0.690. The zero-order valence-electron chi connectivity index (χ0n) is 4.60. The van der Waals surface area contributed by atoms with Crippen LogP contribution in [0.5, 0.6) is 0 Å². The van der Waals surface area contributed by atoms with E-state index in [0.717, 1.165) is 0 Å². The Balaban J connectivity index is 3.03. The van der Waals surface area contributed by atoms with E-state index >= 15 is 0 Å². The van der Waals surface area contributed by atoms with Crippen molar-refractivity contribution in [2.24, 2.45) is 0 Å². The molecule has 0 aromatic heterocycles. The van der Waals surface area contributed by atoms with Crippen molar-refractivity contribution in [3.63, 3.8) is 0 Å². The first-order valence-corrected chi connectivity index (χ1v) is 2.06. The molecule has 0 fully saturated rings. The molecular weight excluding hydrogens is 90.1 g/mol. The summed E-state index contributed by atoms with van der Waals surface area (Å²) in [7, 11) is 3.58. The molecule has 0 rings (SSSR count). The molecule has 0 saturated carbocycles. The minimum Gasteiger partial charge on any atom is -0.258 e. The lowest BCUT2D eigenvalue weighted by molar-refractivity contribution is 0.293. The van der Waals surface area contributed by atoms with Crippen LogP contribution in [0.25, 0.3) is 0 Å². The van der Waals surface area contributed by atoms with Crippen LogP contribution >= 0.6 is 0 Å². The van der Waals surface area contributed by atoms with Crippen molar-refractivity contribution in [3.05, 3.63) is 0 Å². The van der Waals surface area contributed by atoms with E-state index in [1.165, 1.54) is 0 Å². The number of nitrogens with zero attached hydrogens (tertiary/aromatic N) is 2. The maximum atomic E-state index is 8.04. The van der Waals surface area contributed by atoms with E-state index in [-0.39, 0.29) is 0 Å². The maximum Gasteiger partial charge on any atom is 0.0999 e. The minimum atomic E-state index is 0.427. The first-order valence-electron chi connectivity index (χ1n) is 2.06. The standard InChI is InChI=1S/C4H9N3/c1-6-7(2)4-3-5/h6H,4H2,1-2H3. The highest BCUT2D eigenvalue weighted by atomic mass is 15.5. The van der Waals surface area contributed by atoms with Crippen molar-refractivity contribution in [2.45, 2.75) is 0 Å². The van der Waals surface area contributed by atoms with Gasteiger partial charge < -0.3 is 0 Å². The van der Waals surface area contributed by atoms with Crippen molar-refractivity contribution < 1.29 is 0 Å². The lowest BCUT2D eigenvalue weighted by atomic mass is 10.7. The quantitative estimate of drug-likeness (QED) is 0.377. The van der Waals surface area contributed by atoms with Crippen molar-refractivity contribution in [3.8, 4) is 6.07 Å². The van der Waals surface area contributed by atoms with Crippen LogP contribution < -0.4 is 5.43 Å². The number of hydrazine groups is 1. The summed E-state index contributed by atoms with van der Waals surface area (Å²) in [6.07, 6.45) is 0. The van der Waals surface area contributed by atoms with Gasteiger partial charge in [-0.3, -0.25) is 5.43 Å². The van der Waals surface area contributed by atoms with Crippen molar-refractivity contribution in [2.75, 3.05) is 20.6 Å². The van der Waals surface area contributed by atoms with E-state index in [0.29, 0.717) is 6.54 Å². The van der Waals surface area contributed by atoms with E-state index in [1.807, 2.05) is 13.1 Å². The van der Waals surface area contributed by atoms with Gasteiger partial charge in [0.25, 0.3) is 0 Å². The molecule has 0 aromatic rings.